The number of halogens is 6. The van der Waals surface area contributed by atoms with Gasteiger partial charge in [-0.1, -0.05) is 34.8 Å². The minimum absolute atomic E-state index is 0.0256. The summed E-state index contributed by atoms with van der Waals surface area (Å²) < 4.78 is 69.1. The molecule has 0 aliphatic rings. The molecular weight excluding hydrogens is 416 g/mol. The summed E-state index contributed by atoms with van der Waals surface area (Å²) in [5, 5.41) is 0.304. The molecule has 0 amide bonds. The van der Waals surface area contributed by atoms with Crippen LogP contribution >= 0.6 is 34.8 Å². The Labute approximate surface area is 149 Å². The molecule has 0 fully saturated rings. The van der Waals surface area contributed by atoms with Crippen LogP contribution in [0.25, 0.3) is 0 Å². The van der Waals surface area contributed by atoms with Gasteiger partial charge < -0.3 is 8.92 Å². The molecule has 2 aromatic rings. The number of benzene rings is 2. The molecule has 0 aliphatic heterocycles. The highest BCUT2D eigenvalue weighted by Gasteiger charge is 2.49. The molecule has 11 heteroatoms. The highest BCUT2D eigenvalue weighted by Crippen LogP contribution is 2.39. The predicted molar refractivity (Wildman–Crippen MR) is 83.6 cm³/mol. The molecule has 0 heterocycles. The molecule has 24 heavy (non-hydrogen) atoms. The molecule has 0 unspecified atom stereocenters. The number of ether oxygens (including phenoxy) is 1. The maximum absolute atomic E-state index is 12.5. The van der Waals surface area contributed by atoms with Crippen LogP contribution in [0.4, 0.5) is 13.2 Å². The Kier molecular flexibility index (Phi) is 5.44. The van der Waals surface area contributed by atoms with Gasteiger partial charge in [-0.05, 0) is 30.3 Å². The van der Waals surface area contributed by atoms with Crippen molar-refractivity contribution in [3.8, 4) is 17.2 Å². The van der Waals surface area contributed by atoms with E-state index in [9.17, 15) is 21.6 Å². The topological polar surface area (TPSA) is 52.6 Å². The Balaban J connectivity index is 2.41. The van der Waals surface area contributed by atoms with E-state index in [2.05, 4.69) is 4.18 Å². The third kappa shape index (κ3) is 4.38. The minimum Gasteiger partial charge on any atom is -0.452 e. The zero-order valence-electron chi connectivity index (χ0n) is 11.3. The van der Waals surface area contributed by atoms with Gasteiger partial charge in [-0.25, -0.2) is 0 Å². The first kappa shape index (κ1) is 19.0. The summed E-state index contributed by atoms with van der Waals surface area (Å²) in [5.74, 6) is -1.06. The molecule has 0 saturated heterocycles. The van der Waals surface area contributed by atoms with Crippen molar-refractivity contribution in [2.45, 2.75) is 5.51 Å². The monoisotopic (exact) mass is 420 g/mol. The van der Waals surface area contributed by atoms with Crippen LogP contribution < -0.4 is 8.92 Å². The SMILES string of the molecule is O=S(=O)(Oc1cc(Cl)ccc1Oc1ccc(Cl)cc1Cl)C(F)(F)F. The third-order valence-electron chi connectivity index (χ3n) is 2.50. The molecule has 2 rings (SSSR count). The summed E-state index contributed by atoms with van der Waals surface area (Å²) in [7, 11) is -5.89. The first-order chi connectivity index (χ1) is 11.0. The minimum atomic E-state index is -5.89. The van der Waals surface area contributed by atoms with Crippen molar-refractivity contribution >= 4 is 44.9 Å². The van der Waals surface area contributed by atoms with Crippen molar-refractivity contribution in [1.82, 2.24) is 0 Å². The van der Waals surface area contributed by atoms with Crippen LogP contribution in [-0.4, -0.2) is 13.9 Å². The van der Waals surface area contributed by atoms with Crippen molar-refractivity contribution in [1.29, 1.82) is 0 Å². The highest BCUT2D eigenvalue weighted by atomic mass is 35.5. The Morgan fingerprint density at radius 2 is 1.38 bits per heavy atom. The lowest BCUT2D eigenvalue weighted by atomic mass is 10.3. The van der Waals surface area contributed by atoms with E-state index >= 15 is 0 Å². The Bertz CT molecular complexity index is 869. The number of alkyl halides is 3. The van der Waals surface area contributed by atoms with E-state index in [1.807, 2.05) is 0 Å². The smallest absolute Gasteiger partial charge is 0.452 e. The molecule has 0 spiro atoms. The molecule has 0 aliphatic carbocycles. The summed E-state index contributed by atoms with van der Waals surface area (Å²) in [6.45, 7) is 0. The van der Waals surface area contributed by atoms with E-state index in [0.717, 1.165) is 12.1 Å². The second-order valence-corrected chi connectivity index (χ2v) is 7.07. The molecular formula is C13H6Cl3F3O4S. The van der Waals surface area contributed by atoms with Gasteiger partial charge in [0.1, 0.15) is 5.75 Å². The summed E-state index contributed by atoms with van der Waals surface area (Å²) in [6, 6.07) is 7.38. The quantitative estimate of drug-likeness (QED) is 0.472. The summed E-state index contributed by atoms with van der Waals surface area (Å²) >= 11 is 17.3. The fraction of sp³-hybridized carbons (Fsp3) is 0.0769. The van der Waals surface area contributed by atoms with Gasteiger partial charge in [0.05, 0.1) is 5.02 Å². The molecule has 2 aromatic carbocycles. The maximum Gasteiger partial charge on any atom is 0.534 e. The van der Waals surface area contributed by atoms with Crippen LogP contribution in [0.2, 0.25) is 15.1 Å². The summed E-state index contributed by atoms with van der Waals surface area (Å²) in [4.78, 5) is 0. The second kappa shape index (κ2) is 6.87. The first-order valence-corrected chi connectivity index (χ1v) is 8.47. The van der Waals surface area contributed by atoms with Gasteiger partial charge in [-0.2, -0.15) is 21.6 Å². The van der Waals surface area contributed by atoms with Crippen LogP contribution in [0.3, 0.4) is 0 Å². The van der Waals surface area contributed by atoms with E-state index in [4.69, 9.17) is 39.5 Å². The normalized spacial score (nSPS) is 12.1. The van der Waals surface area contributed by atoms with Gasteiger partial charge in [0.15, 0.2) is 11.5 Å². The second-order valence-electron chi connectivity index (χ2n) is 4.25. The van der Waals surface area contributed by atoms with Crippen molar-refractivity contribution in [2.24, 2.45) is 0 Å². The Morgan fingerprint density at radius 3 is 1.92 bits per heavy atom. The lowest BCUT2D eigenvalue weighted by Gasteiger charge is -2.14. The van der Waals surface area contributed by atoms with Crippen LogP contribution in [0.5, 0.6) is 17.2 Å². The molecule has 130 valence electrons. The Hall–Kier alpha value is -1.35. The molecule has 0 saturated carbocycles. The maximum atomic E-state index is 12.5. The van der Waals surface area contributed by atoms with Crippen LogP contribution in [0.15, 0.2) is 36.4 Å². The lowest BCUT2D eigenvalue weighted by Crippen LogP contribution is -2.28. The summed E-state index contributed by atoms with van der Waals surface area (Å²) in [6.07, 6.45) is 0. The van der Waals surface area contributed by atoms with Crippen molar-refractivity contribution in [2.75, 3.05) is 0 Å². The lowest BCUT2D eigenvalue weighted by molar-refractivity contribution is -0.0500. The first-order valence-electron chi connectivity index (χ1n) is 5.93. The fourth-order valence-corrected chi connectivity index (χ4v) is 2.54. The zero-order valence-corrected chi connectivity index (χ0v) is 14.4. The predicted octanol–water partition coefficient (Wildman–Crippen LogP) is 5.67. The average Bonchev–Trinajstić information content (AvgIpc) is 2.42. The zero-order chi connectivity index (χ0) is 18.1. The van der Waals surface area contributed by atoms with Crippen molar-refractivity contribution in [3.63, 3.8) is 0 Å². The third-order valence-corrected chi connectivity index (χ3v) is 4.23. The average molecular weight is 422 g/mol. The van der Waals surface area contributed by atoms with Gasteiger partial charge in [0, 0.05) is 16.1 Å². The van der Waals surface area contributed by atoms with Crippen molar-refractivity contribution < 1.29 is 30.5 Å². The number of hydrogen-bond acceptors (Lipinski definition) is 4. The van der Waals surface area contributed by atoms with Crippen LogP contribution in [-0.2, 0) is 10.1 Å². The molecule has 0 bridgehead atoms. The van der Waals surface area contributed by atoms with Gasteiger partial charge in [-0.3, -0.25) is 0 Å². The number of hydrogen-bond donors (Lipinski definition) is 0. The summed E-state index contributed by atoms with van der Waals surface area (Å²) in [5.41, 5.74) is -5.61. The fourth-order valence-electron chi connectivity index (χ4n) is 1.47. The Morgan fingerprint density at radius 1 is 0.833 bits per heavy atom. The molecule has 0 aromatic heterocycles. The standard InChI is InChI=1S/C13H6Cl3F3O4S/c14-7-1-3-10(9(16)5-7)22-11-4-2-8(15)6-12(11)23-24(20,21)13(17,18)19/h1-6H. The van der Waals surface area contributed by atoms with Crippen LogP contribution in [0.1, 0.15) is 0 Å². The molecule has 0 N–H and O–H groups in total. The molecule has 0 radical (unpaired) electrons. The van der Waals surface area contributed by atoms with Gasteiger partial charge in [-0.15, -0.1) is 0 Å². The molecule has 0 atom stereocenters. The molecule has 4 nitrogen and oxygen atoms in total. The van der Waals surface area contributed by atoms with Gasteiger partial charge in [0.2, 0.25) is 0 Å². The number of rotatable bonds is 4. The van der Waals surface area contributed by atoms with E-state index in [0.29, 0.717) is 5.02 Å². The van der Waals surface area contributed by atoms with Crippen LogP contribution in [0, 0.1) is 0 Å². The highest BCUT2D eigenvalue weighted by molar-refractivity contribution is 7.88. The van der Waals surface area contributed by atoms with E-state index in [-0.39, 0.29) is 21.5 Å². The van der Waals surface area contributed by atoms with Gasteiger partial charge in [0.25, 0.3) is 0 Å². The van der Waals surface area contributed by atoms with Gasteiger partial charge >= 0.3 is 15.6 Å². The van der Waals surface area contributed by atoms with Crippen molar-refractivity contribution in [3.05, 3.63) is 51.5 Å². The largest absolute Gasteiger partial charge is 0.534 e. The van der Waals surface area contributed by atoms with E-state index in [1.165, 1.54) is 24.3 Å². The van der Waals surface area contributed by atoms with E-state index in [1.54, 1.807) is 0 Å². The van der Waals surface area contributed by atoms with E-state index < -0.39 is 21.4 Å².